The summed E-state index contributed by atoms with van der Waals surface area (Å²) >= 11 is 0. The van der Waals surface area contributed by atoms with E-state index in [1.54, 1.807) is 0 Å². The first-order valence-electron chi connectivity index (χ1n) is 8.13. The van der Waals surface area contributed by atoms with Crippen LogP contribution in [0.4, 0.5) is 0 Å². The SMILES string of the molecule is CNCC1(CN(C)CC2(O)CCCC2)CCCCC1. The molecule has 2 aliphatic carbocycles. The molecule has 0 spiro atoms. The van der Waals surface area contributed by atoms with Gasteiger partial charge in [-0.1, -0.05) is 32.1 Å². The first kappa shape index (κ1) is 15.3. The summed E-state index contributed by atoms with van der Waals surface area (Å²) in [7, 11) is 4.27. The van der Waals surface area contributed by atoms with E-state index in [4.69, 9.17) is 0 Å². The van der Waals surface area contributed by atoms with Gasteiger partial charge >= 0.3 is 0 Å². The minimum Gasteiger partial charge on any atom is -0.389 e. The standard InChI is InChI=1S/C16H32N2O/c1-17-12-15(8-4-3-5-9-15)13-18(2)14-16(19)10-6-7-11-16/h17,19H,3-14H2,1-2H3. The molecule has 2 rings (SSSR count). The van der Waals surface area contributed by atoms with Crippen LogP contribution in [-0.4, -0.2) is 49.3 Å². The van der Waals surface area contributed by atoms with Crippen LogP contribution in [0.15, 0.2) is 0 Å². The van der Waals surface area contributed by atoms with Gasteiger partial charge in [0.15, 0.2) is 0 Å². The maximum Gasteiger partial charge on any atom is 0.0774 e. The van der Waals surface area contributed by atoms with Crippen LogP contribution in [0.1, 0.15) is 57.8 Å². The van der Waals surface area contributed by atoms with E-state index in [2.05, 4.69) is 24.3 Å². The maximum atomic E-state index is 10.5. The summed E-state index contributed by atoms with van der Waals surface area (Å²) in [5, 5.41) is 13.9. The van der Waals surface area contributed by atoms with Gasteiger partial charge in [-0.25, -0.2) is 0 Å². The van der Waals surface area contributed by atoms with Crippen molar-refractivity contribution in [1.29, 1.82) is 0 Å². The van der Waals surface area contributed by atoms with Crippen LogP contribution < -0.4 is 5.32 Å². The number of rotatable bonds is 6. The second-order valence-electron chi connectivity index (χ2n) is 7.19. The summed E-state index contributed by atoms with van der Waals surface area (Å²) in [6.07, 6.45) is 11.2. The largest absolute Gasteiger partial charge is 0.389 e. The topological polar surface area (TPSA) is 35.5 Å². The van der Waals surface area contributed by atoms with Gasteiger partial charge in [0.1, 0.15) is 0 Å². The van der Waals surface area contributed by atoms with E-state index in [1.165, 1.54) is 44.9 Å². The molecule has 0 aromatic carbocycles. The van der Waals surface area contributed by atoms with Crippen molar-refractivity contribution in [2.45, 2.75) is 63.4 Å². The second-order valence-corrected chi connectivity index (χ2v) is 7.19. The van der Waals surface area contributed by atoms with Gasteiger partial charge in [-0.3, -0.25) is 0 Å². The van der Waals surface area contributed by atoms with Crippen molar-refractivity contribution in [1.82, 2.24) is 10.2 Å². The van der Waals surface area contributed by atoms with Gasteiger partial charge in [0, 0.05) is 19.6 Å². The van der Waals surface area contributed by atoms with Crippen molar-refractivity contribution < 1.29 is 5.11 Å². The lowest BCUT2D eigenvalue weighted by molar-refractivity contribution is 0.000843. The first-order valence-corrected chi connectivity index (χ1v) is 8.13. The Morgan fingerprint density at radius 2 is 1.53 bits per heavy atom. The molecule has 0 atom stereocenters. The van der Waals surface area contributed by atoms with Gasteiger partial charge in [0.25, 0.3) is 0 Å². The number of hydrogen-bond donors (Lipinski definition) is 2. The van der Waals surface area contributed by atoms with E-state index >= 15 is 0 Å². The second kappa shape index (κ2) is 6.55. The van der Waals surface area contributed by atoms with E-state index in [0.29, 0.717) is 5.41 Å². The predicted octanol–water partition coefficient (Wildman–Crippen LogP) is 2.39. The van der Waals surface area contributed by atoms with Crippen LogP contribution in [0.25, 0.3) is 0 Å². The molecule has 0 heterocycles. The average molecular weight is 268 g/mol. The molecule has 0 radical (unpaired) electrons. The van der Waals surface area contributed by atoms with Crippen molar-refractivity contribution in [2.24, 2.45) is 5.41 Å². The number of nitrogens with one attached hydrogen (secondary N) is 1. The summed E-state index contributed by atoms with van der Waals surface area (Å²) < 4.78 is 0. The van der Waals surface area contributed by atoms with E-state index in [1.807, 2.05) is 0 Å². The maximum absolute atomic E-state index is 10.5. The number of hydrogen-bond acceptors (Lipinski definition) is 3. The lowest BCUT2D eigenvalue weighted by Gasteiger charge is -2.41. The van der Waals surface area contributed by atoms with Gasteiger partial charge in [0.2, 0.25) is 0 Å². The molecule has 0 aromatic heterocycles. The smallest absolute Gasteiger partial charge is 0.0774 e. The third-order valence-corrected chi connectivity index (χ3v) is 5.17. The molecule has 0 aliphatic heterocycles. The van der Waals surface area contributed by atoms with Crippen molar-refractivity contribution in [3.63, 3.8) is 0 Å². The molecular weight excluding hydrogens is 236 g/mol. The Kier molecular flexibility index (Phi) is 5.27. The summed E-state index contributed by atoms with van der Waals surface area (Å²) in [5.74, 6) is 0. The highest BCUT2D eigenvalue weighted by atomic mass is 16.3. The molecule has 0 aromatic rings. The Morgan fingerprint density at radius 1 is 0.947 bits per heavy atom. The van der Waals surface area contributed by atoms with Crippen LogP contribution in [0, 0.1) is 5.41 Å². The lowest BCUT2D eigenvalue weighted by Crippen LogP contribution is -2.47. The number of likely N-dealkylation sites (N-methyl/N-ethyl adjacent to an activating group) is 1. The molecule has 19 heavy (non-hydrogen) atoms. The van der Waals surface area contributed by atoms with Crippen LogP contribution in [-0.2, 0) is 0 Å². The van der Waals surface area contributed by atoms with Crippen molar-refractivity contribution in [3.8, 4) is 0 Å². The summed E-state index contributed by atoms with van der Waals surface area (Å²) in [6, 6.07) is 0. The Balaban J connectivity index is 1.89. The Morgan fingerprint density at radius 3 is 2.11 bits per heavy atom. The molecule has 2 N–H and O–H groups in total. The fourth-order valence-corrected chi connectivity index (χ4v) is 4.39. The molecule has 0 bridgehead atoms. The Bertz CT molecular complexity index is 262. The monoisotopic (exact) mass is 268 g/mol. The zero-order valence-electron chi connectivity index (χ0n) is 12.9. The molecule has 3 heteroatoms. The summed E-state index contributed by atoms with van der Waals surface area (Å²) in [6.45, 7) is 3.12. The molecular formula is C16H32N2O. The molecule has 2 fully saturated rings. The van der Waals surface area contributed by atoms with E-state index in [-0.39, 0.29) is 0 Å². The van der Waals surface area contributed by atoms with Crippen LogP contribution >= 0.6 is 0 Å². The predicted molar refractivity (Wildman–Crippen MR) is 80.4 cm³/mol. The van der Waals surface area contributed by atoms with E-state index < -0.39 is 5.60 Å². The Hall–Kier alpha value is -0.120. The third-order valence-electron chi connectivity index (χ3n) is 5.17. The van der Waals surface area contributed by atoms with Crippen molar-refractivity contribution in [3.05, 3.63) is 0 Å². The summed E-state index contributed by atoms with van der Waals surface area (Å²) in [5.41, 5.74) is 0.0426. The number of nitrogens with zero attached hydrogens (tertiary/aromatic N) is 1. The van der Waals surface area contributed by atoms with Gasteiger partial charge in [0.05, 0.1) is 5.60 Å². The average Bonchev–Trinajstić information content (AvgIpc) is 2.76. The highest BCUT2D eigenvalue weighted by Gasteiger charge is 2.36. The zero-order chi connectivity index (χ0) is 13.8. The zero-order valence-corrected chi connectivity index (χ0v) is 12.9. The Labute approximate surface area is 118 Å². The molecule has 112 valence electrons. The minimum atomic E-state index is -0.399. The van der Waals surface area contributed by atoms with Crippen LogP contribution in [0.2, 0.25) is 0 Å². The van der Waals surface area contributed by atoms with Gasteiger partial charge in [-0.15, -0.1) is 0 Å². The van der Waals surface area contributed by atoms with Gasteiger partial charge in [-0.2, -0.15) is 0 Å². The van der Waals surface area contributed by atoms with Crippen molar-refractivity contribution >= 4 is 0 Å². The molecule has 2 saturated carbocycles. The molecule has 2 aliphatic rings. The normalized spacial score (nSPS) is 25.9. The third kappa shape index (κ3) is 4.17. The highest BCUT2D eigenvalue weighted by Crippen LogP contribution is 2.37. The van der Waals surface area contributed by atoms with Crippen LogP contribution in [0.3, 0.4) is 0 Å². The van der Waals surface area contributed by atoms with E-state index in [9.17, 15) is 5.11 Å². The van der Waals surface area contributed by atoms with Gasteiger partial charge in [-0.05, 0) is 45.2 Å². The fraction of sp³-hybridized carbons (Fsp3) is 1.00. The molecule has 0 amide bonds. The van der Waals surface area contributed by atoms with E-state index in [0.717, 1.165) is 32.5 Å². The van der Waals surface area contributed by atoms with Crippen LogP contribution in [0.5, 0.6) is 0 Å². The van der Waals surface area contributed by atoms with Crippen molar-refractivity contribution in [2.75, 3.05) is 33.7 Å². The lowest BCUT2D eigenvalue weighted by atomic mass is 9.73. The fourth-order valence-electron chi connectivity index (χ4n) is 4.39. The van der Waals surface area contributed by atoms with Gasteiger partial charge < -0.3 is 15.3 Å². The minimum absolute atomic E-state index is 0.399. The first-order chi connectivity index (χ1) is 9.08. The molecule has 0 unspecified atom stereocenters. The number of aliphatic hydroxyl groups is 1. The molecule has 0 saturated heterocycles. The summed E-state index contributed by atoms with van der Waals surface area (Å²) in [4.78, 5) is 2.40. The quantitative estimate of drug-likeness (QED) is 0.776. The highest BCUT2D eigenvalue weighted by molar-refractivity contribution is 4.91. The molecule has 3 nitrogen and oxygen atoms in total.